The summed E-state index contributed by atoms with van der Waals surface area (Å²) in [7, 11) is 3.86. The van der Waals surface area contributed by atoms with Gasteiger partial charge in [0.05, 0.1) is 16.9 Å². The molecule has 0 atom stereocenters. The summed E-state index contributed by atoms with van der Waals surface area (Å²) in [6.45, 7) is 0.463. The molecular formula is C20H23N5O2S2. The maximum Gasteiger partial charge on any atom is 0.259 e. The molecule has 0 spiro atoms. The number of aromatic amines is 1. The second-order valence-corrected chi connectivity index (χ2v) is 9.31. The monoisotopic (exact) mass is 429 g/mol. The van der Waals surface area contributed by atoms with Crippen molar-refractivity contribution in [1.29, 1.82) is 0 Å². The first-order valence-corrected chi connectivity index (χ1v) is 11.5. The van der Waals surface area contributed by atoms with Crippen molar-refractivity contribution in [3.63, 3.8) is 0 Å². The molecule has 0 saturated carbocycles. The van der Waals surface area contributed by atoms with Crippen molar-refractivity contribution >= 4 is 45.0 Å². The van der Waals surface area contributed by atoms with Crippen LogP contribution in [0.25, 0.3) is 10.2 Å². The van der Waals surface area contributed by atoms with E-state index in [1.807, 2.05) is 31.1 Å². The van der Waals surface area contributed by atoms with E-state index in [9.17, 15) is 9.59 Å². The van der Waals surface area contributed by atoms with E-state index in [1.165, 1.54) is 22.2 Å². The molecule has 1 aliphatic rings. The number of anilines is 1. The Balaban J connectivity index is 1.30. The van der Waals surface area contributed by atoms with E-state index in [0.717, 1.165) is 40.9 Å². The highest BCUT2D eigenvalue weighted by atomic mass is 32.2. The Bertz CT molecular complexity index is 1110. The van der Waals surface area contributed by atoms with Gasteiger partial charge in [-0.1, -0.05) is 0 Å². The van der Waals surface area contributed by atoms with E-state index in [0.29, 0.717) is 23.9 Å². The number of hydrogen-bond acceptors (Lipinski definition) is 7. The average molecular weight is 430 g/mol. The van der Waals surface area contributed by atoms with E-state index in [-0.39, 0.29) is 11.5 Å². The lowest BCUT2D eigenvalue weighted by molar-refractivity contribution is -0.118. The largest absolute Gasteiger partial charge is 0.363 e. The van der Waals surface area contributed by atoms with Gasteiger partial charge in [-0.05, 0) is 42.5 Å². The minimum Gasteiger partial charge on any atom is -0.363 e. The number of H-pyrrole nitrogens is 1. The molecule has 0 bridgehead atoms. The molecule has 7 nitrogen and oxygen atoms in total. The summed E-state index contributed by atoms with van der Waals surface area (Å²) in [5, 5.41) is 3.69. The Hall–Kier alpha value is -2.39. The van der Waals surface area contributed by atoms with Crippen LogP contribution < -0.4 is 15.8 Å². The summed E-state index contributed by atoms with van der Waals surface area (Å²) in [6.07, 6.45) is 4.89. The number of rotatable bonds is 7. The summed E-state index contributed by atoms with van der Waals surface area (Å²) < 4.78 is 0. The average Bonchev–Trinajstić information content (AvgIpc) is 3.27. The predicted octanol–water partition coefficient (Wildman–Crippen LogP) is 2.48. The number of thioether (sulfide) groups is 1. The Labute approximate surface area is 177 Å². The first-order chi connectivity index (χ1) is 14.0. The van der Waals surface area contributed by atoms with Crippen molar-refractivity contribution in [2.75, 3.05) is 24.7 Å². The van der Waals surface area contributed by atoms with Crippen LogP contribution in [0.2, 0.25) is 0 Å². The molecule has 3 heterocycles. The lowest BCUT2D eigenvalue weighted by Crippen LogP contribution is -2.25. The number of fused-ring (bicyclic) bond motifs is 3. The summed E-state index contributed by atoms with van der Waals surface area (Å²) in [4.78, 5) is 40.4. The third kappa shape index (κ3) is 4.45. The van der Waals surface area contributed by atoms with E-state index >= 15 is 0 Å². The molecule has 2 N–H and O–H groups in total. The minimum absolute atomic E-state index is 0.0447. The van der Waals surface area contributed by atoms with Gasteiger partial charge in [-0.25, -0.2) is 9.97 Å². The van der Waals surface area contributed by atoms with Gasteiger partial charge in [0.1, 0.15) is 16.5 Å². The maximum atomic E-state index is 12.5. The Morgan fingerprint density at radius 2 is 2.24 bits per heavy atom. The van der Waals surface area contributed by atoms with Crippen LogP contribution in [0, 0.1) is 0 Å². The van der Waals surface area contributed by atoms with Gasteiger partial charge < -0.3 is 15.2 Å². The summed E-state index contributed by atoms with van der Waals surface area (Å²) in [5.41, 5.74) is 2.14. The van der Waals surface area contributed by atoms with Gasteiger partial charge >= 0.3 is 0 Å². The number of hydrogen-bond donors (Lipinski definition) is 2. The zero-order chi connectivity index (χ0) is 20.4. The summed E-state index contributed by atoms with van der Waals surface area (Å²) in [6, 6.07) is 3.85. The standard InChI is InChI=1S/C20H23N5O2S2/c1-25(2)16-8-12(6-7-21-16)9-22-17(26)11-28-10-15-23-19(27)18-13-4-3-5-14(13)29-20(18)24-15/h6-8H,3-5,9-11H2,1-2H3,(H,22,26)(H,23,24,27). The molecule has 152 valence electrons. The molecule has 0 radical (unpaired) electrons. The van der Waals surface area contributed by atoms with Gasteiger partial charge in [-0.3, -0.25) is 9.59 Å². The number of carbonyl (C=O) groups excluding carboxylic acids is 1. The van der Waals surface area contributed by atoms with Crippen molar-refractivity contribution < 1.29 is 4.79 Å². The summed E-state index contributed by atoms with van der Waals surface area (Å²) in [5.74, 6) is 2.26. The number of thiophene rings is 1. The Morgan fingerprint density at radius 3 is 3.07 bits per heavy atom. The van der Waals surface area contributed by atoms with Crippen LogP contribution in [-0.2, 0) is 29.9 Å². The molecule has 0 saturated heterocycles. The zero-order valence-corrected chi connectivity index (χ0v) is 18.1. The predicted molar refractivity (Wildman–Crippen MR) is 119 cm³/mol. The fourth-order valence-electron chi connectivity index (χ4n) is 3.42. The Morgan fingerprint density at radius 1 is 1.38 bits per heavy atom. The fraction of sp³-hybridized carbons (Fsp3) is 0.400. The molecule has 0 aromatic carbocycles. The first-order valence-electron chi connectivity index (χ1n) is 9.51. The van der Waals surface area contributed by atoms with Crippen molar-refractivity contribution in [3.05, 3.63) is 50.5 Å². The van der Waals surface area contributed by atoms with Gasteiger partial charge in [0.15, 0.2) is 0 Å². The number of nitrogens with zero attached hydrogens (tertiary/aromatic N) is 3. The lowest BCUT2D eigenvalue weighted by Gasteiger charge is -2.12. The number of amides is 1. The van der Waals surface area contributed by atoms with Crippen LogP contribution in [0.4, 0.5) is 5.82 Å². The number of nitrogens with one attached hydrogen (secondary N) is 2. The van der Waals surface area contributed by atoms with E-state index in [1.54, 1.807) is 17.5 Å². The fourth-order valence-corrected chi connectivity index (χ4v) is 5.42. The van der Waals surface area contributed by atoms with E-state index in [4.69, 9.17) is 0 Å². The van der Waals surface area contributed by atoms with Crippen LogP contribution in [0.5, 0.6) is 0 Å². The molecule has 1 aliphatic carbocycles. The maximum absolute atomic E-state index is 12.5. The second-order valence-electron chi connectivity index (χ2n) is 7.24. The molecule has 3 aromatic rings. The summed E-state index contributed by atoms with van der Waals surface area (Å²) >= 11 is 3.08. The van der Waals surface area contributed by atoms with Crippen LogP contribution in [0.1, 0.15) is 28.2 Å². The van der Waals surface area contributed by atoms with E-state index in [2.05, 4.69) is 20.3 Å². The van der Waals surface area contributed by atoms with Crippen LogP contribution in [0.15, 0.2) is 23.1 Å². The third-order valence-corrected chi connectivity index (χ3v) is 6.98. The van der Waals surface area contributed by atoms with Crippen molar-refractivity contribution in [3.8, 4) is 0 Å². The lowest BCUT2D eigenvalue weighted by atomic mass is 10.2. The topological polar surface area (TPSA) is 91.0 Å². The number of pyridine rings is 1. The SMILES string of the molecule is CN(C)c1cc(CNC(=O)CSCc2nc3sc4c(c3c(=O)[nH]2)CCC4)ccn1. The minimum atomic E-state index is -0.0520. The number of aromatic nitrogens is 3. The van der Waals surface area contributed by atoms with E-state index < -0.39 is 0 Å². The molecule has 29 heavy (non-hydrogen) atoms. The van der Waals surface area contributed by atoms with Gasteiger partial charge in [-0.15, -0.1) is 23.1 Å². The highest BCUT2D eigenvalue weighted by molar-refractivity contribution is 7.99. The smallest absolute Gasteiger partial charge is 0.259 e. The zero-order valence-electron chi connectivity index (χ0n) is 16.4. The Kier molecular flexibility index (Phi) is 5.86. The van der Waals surface area contributed by atoms with Crippen molar-refractivity contribution in [1.82, 2.24) is 20.3 Å². The number of carbonyl (C=O) groups is 1. The van der Waals surface area contributed by atoms with Crippen molar-refractivity contribution in [2.24, 2.45) is 0 Å². The van der Waals surface area contributed by atoms with Gasteiger partial charge in [0.2, 0.25) is 5.91 Å². The molecule has 0 fully saturated rings. The molecule has 3 aromatic heterocycles. The van der Waals surface area contributed by atoms with Gasteiger partial charge in [0.25, 0.3) is 5.56 Å². The molecule has 0 aliphatic heterocycles. The highest BCUT2D eigenvalue weighted by Crippen LogP contribution is 2.34. The highest BCUT2D eigenvalue weighted by Gasteiger charge is 2.21. The molecule has 9 heteroatoms. The van der Waals surface area contributed by atoms with Gasteiger partial charge in [-0.2, -0.15) is 0 Å². The van der Waals surface area contributed by atoms with Crippen LogP contribution >= 0.6 is 23.1 Å². The molecule has 1 amide bonds. The third-order valence-electron chi connectivity index (χ3n) is 4.85. The van der Waals surface area contributed by atoms with Crippen LogP contribution in [0.3, 0.4) is 0 Å². The molecule has 0 unspecified atom stereocenters. The number of aryl methyl sites for hydroxylation is 2. The second kappa shape index (κ2) is 8.54. The molecule has 4 rings (SSSR count). The van der Waals surface area contributed by atoms with Gasteiger partial charge in [0, 0.05) is 31.7 Å². The first kappa shape index (κ1) is 19.9. The molecular weight excluding hydrogens is 406 g/mol. The quantitative estimate of drug-likeness (QED) is 0.600. The van der Waals surface area contributed by atoms with Crippen LogP contribution in [-0.4, -0.2) is 40.7 Å². The van der Waals surface area contributed by atoms with Crippen molar-refractivity contribution in [2.45, 2.75) is 31.6 Å². The normalized spacial score (nSPS) is 12.9.